The summed E-state index contributed by atoms with van der Waals surface area (Å²) in [5.74, 6) is 0.112. The summed E-state index contributed by atoms with van der Waals surface area (Å²) in [5.41, 5.74) is 3.03. The van der Waals surface area contributed by atoms with E-state index in [0.29, 0.717) is 48.1 Å². The van der Waals surface area contributed by atoms with Crippen molar-refractivity contribution in [3.8, 4) is 5.75 Å². The molecule has 0 unspecified atom stereocenters. The Morgan fingerprint density at radius 3 is 2.66 bits per heavy atom. The predicted octanol–water partition coefficient (Wildman–Crippen LogP) is 4.84. The van der Waals surface area contributed by atoms with Crippen molar-refractivity contribution in [1.29, 1.82) is 0 Å². The highest BCUT2D eigenvalue weighted by molar-refractivity contribution is 7.92. The van der Waals surface area contributed by atoms with Gasteiger partial charge in [0.2, 0.25) is 0 Å². The molecule has 0 aliphatic carbocycles. The number of aryl methyl sites for hydroxylation is 1. The van der Waals surface area contributed by atoms with Crippen LogP contribution in [0.2, 0.25) is 5.02 Å². The van der Waals surface area contributed by atoms with E-state index in [1.165, 1.54) is 0 Å². The first-order valence-electron chi connectivity index (χ1n) is 12.6. The number of rotatable bonds is 6. The number of hydrogen-bond acceptors (Lipinski definition) is 6. The first-order valence-corrected chi connectivity index (χ1v) is 14.4. The van der Waals surface area contributed by atoms with Gasteiger partial charge in [0, 0.05) is 60.8 Å². The van der Waals surface area contributed by atoms with Crippen LogP contribution in [0.1, 0.15) is 34.3 Å². The van der Waals surface area contributed by atoms with Crippen molar-refractivity contribution in [2.45, 2.75) is 30.7 Å². The molecule has 2 aliphatic heterocycles. The molecule has 1 saturated heterocycles. The largest absolute Gasteiger partial charge is 0.508 e. The quantitative estimate of drug-likeness (QED) is 0.455. The van der Waals surface area contributed by atoms with Gasteiger partial charge in [0.25, 0.3) is 15.9 Å². The molecule has 2 aliphatic rings. The van der Waals surface area contributed by atoms with Crippen LogP contribution in [0.5, 0.6) is 5.75 Å². The van der Waals surface area contributed by atoms with E-state index in [2.05, 4.69) is 14.6 Å². The van der Waals surface area contributed by atoms with Crippen LogP contribution in [0, 0.1) is 0 Å². The lowest BCUT2D eigenvalue weighted by molar-refractivity contribution is 0.0761. The minimum Gasteiger partial charge on any atom is -0.508 e. The van der Waals surface area contributed by atoms with Crippen molar-refractivity contribution < 1.29 is 18.3 Å². The van der Waals surface area contributed by atoms with Gasteiger partial charge in [-0.2, -0.15) is 0 Å². The van der Waals surface area contributed by atoms with Crippen molar-refractivity contribution in [2.75, 3.05) is 30.9 Å². The zero-order valence-electron chi connectivity index (χ0n) is 20.8. The molecule has 0 aromatic heterocycles. The number of aromatic hydroxyl groups is 1. The number of sulfonamides is 1. The third-order valence-corrected chi connectivity index (χ3v) is 8.48. The molecular weight excluding hydrogens is 524 g/mol. The maximum absolute atomic E-state index is 13.2. The van der Waals surface area contributed by atoms with Crippen LogP contribution in [0.15, 0.2) is 70.6 Å². The third kappa shape index (κ3) is 5.85. The van der Waals surface area contributed by atoms with E-state index in [4.69, 9.17) is 11.6 Å². The van der Waals surface area contributed by atoms with Crippen LogP contribution in [0.3, 0.4) is 0 Å². The summed E-state index contributed by atoms with van der Waals surface area (Å²) in [6.45, 7) is 3.18. The van der Waals surface area contributed by atoms with Crippen molar-refractivity contribution in [2.24, 2.45) is 4.99 Å². The van der Waals surface area contributed by atoms with E-state index in [-0.39, 0.29) is 16.6 Å². The van der Waals surface area contributed by atoms with Gasteiger partial charge in [0.15, 0.2) is 0 Å². The Labute approximate surface area is 227 Å². The summed E-state index contributed by atoms with van der Waals surface area (Å²) in [5, 5.41) is 10.7. The number of aliphatic imine (C=N–C) groups is 1. The van der Waals surface area contributed by atoms with Crippen LogP contribution < -0.4 is 4.72 Å². The Bertz CT molecular complexity index is 1470. The molecule has 0 atom stereocenters. The number of phenols is 1. The minimum atomic E-state index is -3.84. The number of carbonyl (C=O) groups is 1. The van der Waals surface area contributed by atoms with Gasteiger partial charge in [-0.1, -0.05) is 23.7 Å². The molecule has 8 nitrogen and oxygen atoms in total. The number of phenolic OH excluding ortho intramolecular Hbond substituents is 1. The van der Waals surface area contributed by atoms with E-state index < -0.39 is 10.0 Å². The Kier molecular flexibility index (Phi) is 7.69. The molecule has 1 fully saturated rings. The number of nitrogens with one attached hydrogen (secondary N) is 1. The van der Waals surface area contributed by atoms with Gasteiger partial charge in [-0.05, 0) is 73.4 Å². The highest BCUT2D eigenvalue weighted by Crippen LogP contribution is 2.32. The third-order valence-electron chi connectivity index (χ3n) is 6.83. The summed E-state index contributed by atoms with van der Waals surface area (Å²) in [6, 6.07) is 16.7. The number of carbonyl (C=O) groups excluding carboxylic acids is 1. The van der Waals surface area contributed by atoms with E-state index in [0.717, 1.165) is 36.9 Å². The van der Waals surface area contributed by atoms with Gasteiger partial charge in [0.05, 0.1) is 5.69 Å². The van der Waals surface area contributed by atoms with Crippen molar-refractivity contribution in [3.63, 3.8) is 0 Å². The fraction of sp³-hybridized carbons (Fsp3) is 0.286. The summed E-state index contributed by atoms with van der Waals surface area (Å²) in [4.78, 5) is 21.7. The first-order chi connectivity index (χ1) is 18.3. The second-order valence-corrected chi connectivity index (χ2v) is 11.6. The molecule has 0 bridgehead atoms. The SMILES string of the molecule is O=C(c1ccc(NS(=O)(=O)c2cccc3c2N=CCC3)cc1)N1CCCN(Cc2cc(Cl)ccc2O)CC1. The van der Waals surface area contributed by atoms with Gasteiger partial charge in [-0.15, -0.1) is 0 Å². The number of para-hydroxylation sites is 1. The zero-order valence-corrected chi connectivity index (χ0v) is 22.4. The van der Waals surface area contributed by atoms with Crippen LogP contribution in [-0.4, -0.2) is 61.6 Å². The maximum atomic E-state index is 13.2. The highest BCUT2D eigenvalue weighted by atomic mass is 35.5. The second kappa shape index (κ2) is 11.1. The monoisotopic (exact) mass is 552 g/mol. The topological polar surface area (TPSA) is 102 Å². The zero-order chi connectivity index (χ0) is 26.7. The van der Waals surface area contributed by atoms with Gasteiger partial charge in [0.1, 0.15) is 10.6 Å². The van der Waals surface area contributed by atoms with E-state index in [1.807, 2.05) is 11.0 Å². The standard InChI is InChI=1S/C28H29ClN4O4S/c29-23-9-12-25(34)22(18-23)19-32-14-3-15-33(17-16-32)28(35)21-7-10-24(11-8-21)31-38(36,37)26-6-1-4-20-5-2-13-30-27(20)26/h1,4,6-13,18,31,34H,2-3,5,14-17,19H2. The molecule has 198 valence electrons. The number of halogens is 1. The second-order valence-electron chi connectivity index (χ2n) is 9.49. The number of hydrogen-bond donors (Lipinski definition) is 2. The molecule has 10 heteroatoms. The molecule has 1 amide bonds. The van der Waals surface area contributed by atoms with Crippen LogP contribution in [-0.2, 0) is 23.0 Å². The lowest BCUT2D eigenvalue weighted by atomic mass is 10.1. The Morgan fingerprint density at radius 1 is 1.03 bits per heavy atom. The Morgan fingerprint density at radius 2 is 1.84 bits per heavy atom. The molecule has 2 N–H and O–H groups in total. The lowest BCUT2D eigenvalue weighted by Crippen LogP contribution is -2.35. The number of nitrogens with zero attached hydrogens (tertiary/aromatic N) is 3. The number of fused-ring (bicyclic) bond motifs is 1. The maximum Gasteiger partial charge on any atom is 0.264 e. The van der Waals surface area contributed by atoms with Gasteiger partial charge in [-0.25, -0.2) is 8.42 Å². The molecule has 0 saturated carbocycles. The fourth-order valence-electron chi connectivity index (χ4n) is 4.84. The lowest BCUT2D eigenvalue weighted by Gasteiger charge is -2.22. The van der Waals surface area contributed by atoms with Crippen LogP contribution >= 0.6 is 11.6 Å². The van der Waals surface area contributed by atoms with Crippen LogP contribution in [0.4, 0.5) is 11.4 Å². The molecule has 5 rings (SSSR count). The summed E-state index contributed by atoms with van der Waals surface area (Å²) in [7, 11) is -3.84. The summed E-state index contributed by atoms with van der Waals surface area (Å²) < 4.78 is 28.8. The molecular formula is C28H29ClN4O4S. The molecule has 3 aromatic rings. The summed E-state index contributed by atoms with van der Waals surface area (Å²) >= 11 is 6.08. The number of anilines is 1. The average Bonchev–Trinajstić information content (AvgIpc) is 3.16. The van der Waals surface area contributed by atoms with Gasteiger partial charge < -0.3 is 10.0 Å². The van der Waals surface area contributed by atoms with E-state index >= 15 is 0 Å². The molecule has 38 heavy (non-hydrogen) atoms. The number of amides is 1. The molecule has 0 radical (unpaired) electrons. The highest BCUT2D eigenvalue weighted by Gasteiger charge is 2.23. The first kappa shape index (κ1) is 26.2. The van der Waals surface area contributed by atoms with Crippen molar-refractivity contribution in [1.82, 2.24) is 9.80 Å². The molecule has 0 spiro atoms. The predicted molar refractivity (Wildman–Crippen MR) is 149 cm³/mol. The van der Waals surface area contributed by atoms with Crippen LogP contribution in [0.25, 0.3) is 0 Å². The molecule has 2 heterocycles. The van der Waals surface area contributed by atoms with E-state index in [9.17, 15) is 18.3 Å². The summed E-state index contributed by atoms with van der Waals surface area (Å²) in [6.07, 6.45) is 4.09. The fourth-order valence-corrected chi connectivity index (χ4v) is 6.28. The Hall–Kier alpha value is -3.40. The Balaban J connectivity index is 1.22. The average molecular weight is 553 g/mol. The minimum absolute atomic E-state index is 0.0988. The van der Waals surface area contributed by atoms with Gasteiger partial charge in [-0.3, -0.25) is 19.4 Å². The van der Waals surface area contributed by atoms with Crippen molar-refractivity contribution >= 4 is 45.1 Å². The molecule has 3 aromatic carbocycles. The normalized spacial score (nSPS) is 16.1. The van der Waals surface area contributed by atoms with Crippen molar-refractivity contribution in [3.05, 3.63) is 82.4 Å². The number of benzene rings is 3. The van der Waals surface area contributed by atoms with Gasteiger partial charge >= 0.3 is 0 Å². The smallest absolute Gasteiger partial charge is 0.264 e. The van der Waals surface area contributed by atoms with E-state index in [1.54, 1.807) is 60.8 Å².